The molecule has 3 rings (SSSR count). The third-order valence-corrected chi connectivity index (χ3v) is 3.09. The Balaban J connectivity index is 2.02. The Kier molecular flexibility index (Phi) is 1.85. The van der Waals surface area contributed by atoms with Crippen molar-refractivity contribution in [2.75, 3.05) is 0 Å². The van der Waals surface area contributed by atoms with Gasteiger partial charge in [-0.2, -0.15) is 0 Å². The van der Waals surface area contributed by atoms with Gasteiger partial charge in [0.2, 0.25) is 0 Å². The summed E-state index contributed by atoms with van der Waals surface area (Å²) in [5.74, 6) is 1.62. The van der Waals surface area contributed by atoms with E-state index < -0.39 is 5.97 Å². The topological polar surface area (TPSA) is 62.5 Å². The standard InChI is InChI=1S/C11H13NO3/c13-10(14)3-7-8-4-12-5-9(8)15-11(7)6-1-2-6/h6,12H,1-5H2,(H,13,14). The molecule has 4 heteroatoms. The Hall–Kier alpha value is -1.29. The minimum Gasteiger partial charge on any atom is -0.481 e. The maximum absolute atomic E-state index is 10.8. The van der Waals surface area contributed by atoms with Gasteiger partial charge in [0.1, 0.15) is 11.5 Å². The first-order chi connectivity index (χ1) is 7.25. The number of aliphatic carboxylic acids is 1. The smallest absolute Gasteiger partial charge is 0.307 e. The zero-order chi connectivity index (χ0) is 10.4. The average Bonchev–Trinajstić information content (AvgIpc) is 2.82. The third-order valence-electron chi connectivity index (χ3n) is 3.09. The molecule has 2 N–H and O–H groups in total. The van der Waals surface area contributed by atoms with Crippen molar-refractivity contribution in [2.24, 2.45) is 0 Å². The predicted octanol–water partition coefficient (Wildman–Crippen LogP) is 1.39. The van der Waals surface area contributed by atoms with Gasteiger partial charge in [-0.3, -0.25) is 4.79 Å². The van der Waals surface area contributed by atoms with Gasteiger partial charge in [0.25, 0.3) is 0 Å². The van der Waals surface area contributed by atoms with Gasteiger partial charge < -0.3 is 14.8 Å². The summed E-state index contributed by atoms with van der Waals surface area (Å²) < 4.78 is 5.76. The van der Waals surface area contributed by atoms with Crippen LogP contribution < -0.4 is 5.32 Å². The van der Waals surface area contributed by atoms with Crippen LogP contribution in [-0.4, -0.2) is 11.1 Å². The van der Waals surface area contributed by atoms with Crippen molar-refractivity contribution in [3.8, 4) is 0 Å². The lowest BCUT2D eigenvalue weighted by atomic mass is 10.0. The number of carbonyl (C=O) groups is 1. The third kappa shape index (κ3) is 1.45. The number of hydrogen-bond donors (Lipinski definition) is 2. The molecule has 80 valence electrons. The zero-order valence-corrected chi connectivity index (χ0v) is 8.38. The average molecular weight is 207 g/mol. The second-order valence-corrected chi connectivity index (χ2v) is 4.29. The number of carboxylic acid groups (broad SMARTS) is 1. The van der Waals surface area contributed by atoms with E-state index in [0.717, 1.165) is 48.6 Å². The first kappa shape index (κ1) is 8.97. The van der Waals surface area contributed by atoms with Crippen LogP contribution in [0.2, 0.25) is 0 Å². The second-order valence-electron chi connectivity index (χ2n) is 4.29. The maximum atomic E-state index is 10.8. The van der Waals surface area contributed by atoms with Gasteiger partial charge in [-0.15, -0.1) is 0 Å². The quantitative estimate of drug-likeness (QED) is 0.786. The van der Waals surface area contributed by atoms with E-state index in [4.69, 9.17) is 9.52 Å². The van der Waals surface area contributed by atoms with E-state index in [9.17, 15) is 4.79 Å². The molecular weight excluding hydrogens is 194 g/mol. The van der Waals surface area contributed by atoms with Crippen LogP contribution in [0.5, 0.6) is 0 Å². The van der Waals surface area contributed by atoms with Gasteiger partial charge in [-0.25, -0.2) is 0 Å². The van der Waals surface area contributed by atoms with Crippen LogP contribution in [0.15, 0.2) is 4.42 Å². The normalized spacial score (nSPS) is 19.2. The summed E-state index contributed by atoms with van der Waals surface area (Å²) in [5, 5.41) is 12.1. The van der Waals surface area contributed by atoms with Gasteiger partial charge in [0.05, 0.1) is 13.0 Å². The molecule has 0 radical (unpaired) electrons. The summed E-state index contributed by atoms with van der Waals surface area (Å²) in [4.78, 5) is 10.8. The molecule has 1 aliphatic heterocycles. The molecule has 1 aromatic heterocycles. The second kappa shape index (κ2) is 3.10. The highest BCUT2D eigenvalue weighted by Gasteiger charge is 2.34. The van der Waals surface area contributed by atoms with E-state index in [-0.39, 0.29) is 6.42 Å². The summed E-state index contributed by atoms with van der Waals surface area (Å²) in [6.07, 6.45) is 2.39. The van der Waals surface area contributed by atoms with Gasteiger partial charge in [0, 0.05) is 23.6 Å². The van der Waals surface area contributed by atoms with Gasteiger partial charge >= 0.3 is 5.97 Å². The Morgan fingerprint density at radius 1 is 1.47 bits per heavy atom. The molecule has 1 aromatic rings. The van der Waals surface area contributed by atoms with Crippen LogP contribution in [-0.2, 0) is 24.3 Å². The van der Waals surface area contributed by atoms with E-state index >= 15 is 0 Å². The number of fused-ring (bicyclic) bond motifs is 1. The minimum atomic E-state index is -0.771. The van der Waals surface area contributed by atoms with Gasteiger partial charge in [-0.05, 0) is 12.8 Å². The lowest BCUT2D eigenvalue weighted by Crippen LogP contribution is -2.07. The fourth-order valence-electron chi connectivity index (χ4n) is 2.24. The molecule has 15 heavy (non-hydrogen) atoms. The van der Waals surface area contributed by atoms with E-state index in [0.29, 0.717) is 5.92 Å². The van der Waals surface area contributed by atoms with Gasteiger partial charge in [-0.1, -0.05) is 0 Å². The lowest BCUT2D eigenvalue weighted by Gasteiger charge is -2.00. The van der Waals surface area contributed by atoms with Crippen molar-refractivity contribution in [1.82, 2.24) is 5.32 Å². The van der Waals surface area contributed by atoms with Crippen molar-refractivity contribution in [3.63, 3.8) is 0 Å². The molecule has 1 fully saturated rings. The fraction of sp³-hybridized carbons (Fsp3) is 0.545. The van der Waals surface area contributed by atoms with E-state index in [1.54, 1.807) is 0 Å². The van der Waals surface area contributed by atoms with E-state index in [1.807, 2.05) is 0 Å². The fourth-order valence-corrected chi connectivity index (χ4v) is 2.24. The van der Waals surface area contributed by atoms with Crippen LogP contribution in [0.3, 0.4) is 0 Å². The highest BCUT2D eigenvalue weighted by molar-refractivity contribution is 5.71. The van der Waals surface area contributed by atoms with Crippen molar-refractivity contribution in [1.29, 1.82) is 0 Å². The summed E-state index contributed by atoms with van der Waals surface area (Å²) >= 11 is 0. The molecule has 0 atom stereocenters. The number of hydrogen-bond acceptors (Lipinski definition) is 3. The lowest BCUT2D eigenvalue weighted by molar-refractivity contribution is -0.136. The van der Waals surface area contributed by atoms with Gasteiger partial charge in [0.15, 0.2) is 0 Å². The van der Waals surface area contributed by atoms with E-state index in [1.165, 1.54) is 0 Å². The molecule has 1 saturated carbocycles. The van der Waals surface area contributed by atoms with Crippen molar-refractivity contribution < 1.29 is 14.3 Å². The highest BCUT2D eigenvalue weighted by Crippen LogP contribution is 2.45. The molecule has 0 spiro atoms. The summed E-state index contributed by atoms with van der Waals surface area (Å²) in [7, 11) is 0. The maximum Gasteiger partial charge on any atom is 0.307 e. The van der Waals surface area contributed by atoms with Crippen molar-refractivity contribution >= 4 is 5.97 Å². The molecule has 0 unspecified atom stereocenters. The molecule has 0 aromatic carbocycles. The molecule has 2 aliphatic rings. The predicted molar refractivity (Wildman–Crippen MR) is 52.6 cm³/mol. The molecular formula is C11H13NO3. The van der Waals surface area contributed by atoms with Crippen LogP contribution in [0.1, 0.15) is 41.4 Å². The van der Waals surface area contributed by atoms with Crippen molar-refractivity contribution in [2.45, 2.75) is 38.3 Å². The number of carboxylic acids is 1. The first-order valence-electron chi connectivity index (χ1n) is 5.31. The SMILES string of the molecule is O=C(O)Cc1c(C2CC2)oc2c1CNC2. The largest absolute Gasteiger partial charge is 0.481 e. The van der Waals surface area contributed by atoms with Crippen LogP contribution in [0.25, 0.3) is 0 Å². The molecule has 0 amide bonds. The molecule has 1 aliphatic carbocycles. The summed E-state index contributed by atoms with van der Waals surface area (Å²) in [6.45, 7) is 1.50. The Morgan fingerprint density at radius 2 is 2.27 bits per heavy atom. The van der Waals surface area contributed by atoms with E-state index in [2.05, 4.69) is 5.32 Å². The number of furan rings is 1. The minimum absolute atomic E-state index is 0.104. The Bertz CT molecular complexity index is 418. The van der Waals surface area contributed by atoms with Crippen LogP contribution in [0, 0.1) is 0 Å². The monoisotopic (exact) mass is 207 g/mol. The molecule has 2 heterocycles. The number of rotatable bonds is 3. The summed E-state index contributed by atoms with van der Waals surface area (Å²) in [6, 6.07) is 0. The van der Waals surface area contributed by atoms with Crippen molar-refractivity contribution in [3.05, 3.63) is 22.6 Å². The Labute approximate surface area is 87.3 Å². The summed E-state index contributed by atoms with van der Waals surface area (Å²) in [5.41, 5.74) is 2.03. The molecule has 4 nitrogen and oxygen atoms in total. The molecule has 0 bridgehead atoms. The first-order valence-corrected chi connectivity index (χ1v) is 5.31. The highest BCUT2D eigenvalue weighted by atomic mass is 16.4. The number of nitrogens with one attached hydrogen (secondary N) is 1. The molecule has 0 saturated heterocycles. The van der Waals surface area contributed by atoms with Crippen LogP contribution in [0.4, 0.5) is 0 Å². The Morgan fingerprint density at radius 3 is 2.93 bits per heavy atom. The van der Waals surface area contributed by atoms with Crippen LogP contribution >= 0.6 is 0 Å². The zero-order valence-electron chi connectivity index (χ0n) is 8.38.